The Morgan fingerprint density at radius 2 is 0.911 bits per heavy atom. The Kier molecular flexibility index (Phi) is 12.3. The zero-order valence-corrected chi connectivity index (χ0v) is 34.1. The predicted molar refractivity (Wildman–Crippen MR) is 225 cm³/mol. The number of benzene rings is 6. The van der Waals surface area contributed by atoms with Gasteiger partial charge in [0.1, 0.15) is 22.1 Å². The summed E-state index contributed by atoms with van der Waals surface area (Å²) in [4.78, 5) is 10.2. The summed E-state index contributed by atoms with van der Waals surface area (Å²) in [6.07, 6.45) is 6.94. The highest BCUT2D eigenvalue weighted by Gasteiger charge is 2.23. The number of unbranched alkanes of at least 4 members (excludes halogenated alkanes) is 4. The highest BCUT2D eigenvalue weighted by atomic mass is 35.5. The number of nitrogens with two attached hydrogens (primary N) is 2. The molecule has 8 rings (SSSR count). The number of anilines is 3. The number of rotatable bonds is 11. The van der Waals surface area contributed by atoms with Crippen LogP contribution < -0.4 is 50.7 Å². The quantitative estimate of drug-likeness (QED) is 0.0807. The van der Waals surface area contributed by atoms with Crippen molar-refractivity contribution in [3.63, 3.8) is 0 Å². The smallest absolute Gasteiger partial charge is 0.239 e. The van der Waals surface area contributed by atoms with Crippen LogP contribution in [0.25, 0.3) is 55.5 Å². The van der Waals surface area contributed by atoms with Crippen molar-refractivity contribution in [2.75, 3.05) is 23.3 Å². The number of aromatic nitrogens is 4. The molecule has 8 aromatic rings. The third kappa shape index (κ3) is 7.93. The number of nitrogens with one attached hydrogen (secondary N) is 1. The average molecular weight is 783 g/mol. The van der Waals surface area contributed by atoms with Crippen LogP contribution in [0.3, 0.4) is 0 Å². The summed E-state index contributed by atoms with van der Waals surface area (Å²) in [5.41, 5.74) is 31.8. The molecule has 0 fully saturated rings. The van der Waals surface area contributed by atoms with Gasteiger partial charge >= 0.3 is 0 Å². The van der Waals surface area contributed by atoms with Crippen LogP contribution in [0.1, 0.15) is 59.9 Å². The molecule has 0 saturated carbocycles. The van der Waals surface area contributed by atoms with Crippen molar-refractivity contribution in [2.45, 2.75) is 66.2 Å². The molecule has 0 saturated heterocycles. The van der Waals surface area contributed by atoms with Gasteiger partial charge in [0.15, 0.2) is 0 Å². The van der Waals surface area contributed by atoms with Crippen molar-refractivity contribution < 1.29 is 33.9 Å². The fourth-order valence-corrected chi connectivity index (χ4v) is 7.76. The van der Waals surface area contributed by atoms with E-state index < -0.39 is 0 Å². The van der Waals surface area contributed by atoms with E-state index in [1.807, 2.05) is 19.9 Å². The molecule has 0 aliphatic rings. The summed E-state index contributed by atoms with van der Waals surface area (Å²) in [5.74, 6) is 0. The summed E-state index contributed by atoms with van der Waals surface area (Å²) in [6, 6.07) is 38.4. The molecule has 0 amide bonds. The zero-order chi connectivity index (χ0) is 37.3. The van der Waals surface area contributed by atoms with Crippen molar-refractivity contribution in [2.24, 2.45) is 0 Å². The second kappa shape index (κ2) is 17.1. The summed E-state index contributed by atoms with van der Waals surface area (Å²) < 4.78 is 4.60. The van der Waals surface area contributed by atoms with Gasteiger partial charge in [0.05, 0.1) is 0 Å². The first-order valence-electron chi connectivity index (χ1n) is 19.2. The molecule has 0 radical (unpaired) electrons. The van der Waals surface area contributed by atoms with Crippen LogP contribution >= 0.6 is 0 Å². The average Bonchev–Trinajstić information content (AvgIpc) is 3.16. The van der Waals surface area contributed by atoms with E-state index in [2.05, 4.69) is 131 Å². The number of hydrogen-bond donors (Lipinski definition) is 3. The number of para-hydroxylation sites is 2. The van der Waals surface area contributed by atoms with E-state index in [0.29, 0.717) is 0 Å². The van der Waals surface area contributed by atoms with Gasteiger partial charge in [0, 0.05) is 72.1 Å². The summed E-state index contributed by atoms with van der Waals surface area (Å²) in [7, 11) is 0. The highest BCUT2D eigenvalue weighted by Crippen LogP contribution is 2.28. The van der Waals surface area contributed by atoms with E-state index in [9.17, 15) is 0 Å². The van der Waals surface area contributed by atoms with E-state index in [4.69, 9.17) is 21.4 Å². The van der Waals surface area contributed by atoms with Gasteiger partial charge in [-0.25, -0.2) is 9.97 Å². The van der Waals surface area contributed by atoms with Crippen LogP contribution in [0, 0.1) is 27.7 Å². The van der Waals surface area contributed by atoms with E-state index in [0.717, 1.165) is 110 Å². The van der Waals surface area contributed by atoms with Gasteiger partial charge in [-0.3, -0.25) is 0 Å². The molecule has 286 valence electrons. The minimum absolute atomic E-state index is 0. The third-order valence-electron chi connectivity index (χ3n) is 10.9. The number of halogens is 2. The minimum atomic E-state index is 0. The van der Waals surface area contributed by atoms with Crippen molar-refractivity contribution in [1.82, 2.24) is 9.97 Å². The first kappa shape index (κ1) is 40.2. The minimum Gasteiger partial charge on any atom is -1.00 e. The molecule has 9 heteroatoms. The second-order valence-corrected chi connectivity index (χ2v) is 14.8. The fraction of sp³-hybridized carbons (Fsp3) is 0.234. The lowest BCUT2D eigenvalue weighted by Gasteiger charge is -2.12. The maximum atomic E-state index is 6.41. The molecule has 0 bridgehead atoms. The van der Waals surface area contributed by atoms with Gasteiger partial charge in [0.25, 0.3) is 0 Å². The van der Waals surface area contributed by atoms with Crippen molar-refractivity contribution in [1.29, 1.82) is 0 Å². The normalized spacial score (nSPS) is 11.2. The number of fused-ring (bicyclic) bond motifs is 4. The largest absolute Gasteiger partial charge is 1.00 e. The summed E-state index contributed by atoms with van der Waals surface area (Å²) in [6.45, 7) is 9.40. The lowest BCUT2D eigenvalue weighted by Crippen LogP contribution is -3.00. The molecule has 0 atom stereocenters. The number of hydrogen-bond acceptors (Lipinski definition) is 5. The van der Waals surface area contributed by atoms with E-state index in [1.54, 1.807) is 0 Å². The number of nitrogen functional groups attached to an aromatic ring is 2. The fourth-order valence-electron chi connectivity index (χ4n) is 7.76. The van der Waals surface area contributed by atoms with Crippen LogP contribution in [-0.4, -0.2) is 16.5 Å². The maximum absolute atomic E-state index is 6.41. The van der Waals surface area contributed by atoms with Gasteiger partial charge in [-0.1, -0.05) is 55.7 Å². The molecule has 0 spiro atoms. The Morgan fingerprint density at radius 3 is 1.45 bits per heavy atom. The SMILES string of the molecule is Cc1cc2nc3cc(C)c(CCCCCCCNc4cc5c(cc4C)nc4cc(C)c(N)cc4[n+]5-c4ccccc4)cc3[n+](-c3ccccc3)c2cc1N.[Cl-].[Cl-]. The summed E-state index contributed by atoms with van der Waals surface area (Å²) >= 11 is 0. The van der Waals surface area contributed by atoms with Crippen molar-refractivity contribution >= 4 is 61.2 Å². The summed E-state index contributed by atoms with van der Waals surface area (Å²) in [5, 5.41) is 3.75. The molecule has 0 aliphatic heterocycles. The van der Waals surface area contributed by atoms with Gasteiger partial charge < -0.3 is 41.6 Å². The first-order valence-corrected chi connectivity index (χ1v) is 19.2. The zero-order valence-electron chi connectivity index (χ0n) is 32.5. The Balaban J connectivity index is 0.00000266. The Labute approximate surface area is 341 Å². The molecule has 6 aromatic carbocycles. The first-order chi connectivity index (χ1) is 26.2. The molecule has 56 heavy (non-hydrogen) atoms. The molecule has 0 unspecified atom stereocenters. The molecular weight excluding hydrogens is 733 g/mol. The standard InChI is InChI=1S/C47H47N7.2ClH/c1-30-22-40-44(53(35-17-11-8-12-18-35)45-27-37(48)31(2)23-41(45)51-40)26-34(30)16-10-6-5-7-15-21-50-39-29-47-43(25-33(39)4)52-42-24-32(3)38(49)28-46(42)54(47)36-19-13-9-14-20-36;;/h8-9,11-14,17-20,22-29,48H,5-7,10,15-16,21H2,1-4H3,(H2,49,50);2*1H. The van der Waals surface area contributed by atoms with Gasteiger partial charge in [-0.05, 0) is 99.0 Å². The monoisotopic (exact) mass is 781 g/mol. The predicted octanol–water partition coefficient (Wildman–Crippen LogP) is 3.65. The van der Waals surface area contributed by atoms with E-state index >= 15 is 0 Å². The molecule has 2 aromatic heterocycles. The van der Waals surface area contributed by atoms with Crippen LogP contribution in [0.15, 0.2) is 109 Å². The Bertz CT molecular complexity index is 2500. The molecular formula is C47H49Cl2N7. The maximum Gasteiger partial charge on any atom is 0.239 e. The van der Waals surface area contributed by atoms with Crippen LogP contribution in [0.4, 0.5) is 17.1 Å². The highest BCUT2D eigenvalue weighted by molar-refractivity contribution is 5.88. The van der Waals surface area contributed by atoms with Crippen molar-refractivity contribution in [3.05, 3.63) is 137 Å². The molecule has 7 nitrogen and oxygen atoms in total. The van der Waals surface area contributed by atoms with E-state index in [-0.39, 0.29) is 24.8 Å². The van der Waals surface area contributed by atoms with Gasteiger partial charge in [0.2, 0.25) is 33.4 Å². The Morgan fingerprint density at radius 1 is 0.482 bits per heavy atom. The second-order valence-electron chi connectivity index (χ2n) is 14.8. The topological polar surface area (TPSA) is 97.6 Å². The van der Waals surface area contributed by atoms with Gasteiger partial charge in [-0.2, -0.15) is 0 Å². The molecule has 0 aliphatic carbocycles. The number of nitrogens with zero attached hydrogens (tertiary/aromatic N) is 4. The lowest BCUT2D eigenvalue weighted by molar-refractivity contribution is -0.538. The molecule has 5 N–H and O–H groups in total. The third-order valence-corrected chi connectivity index (χ3v) is 10.9. The number of aryl methyl sites for hydroxylation is 5. The molecule has 2 heterocycles. The van der Waals surface area contributed by atoms with Crippen LogP contribution in [-0.2, 0) is 6.42 Å². The van der Waals surface area contributed by atoms with Gasteiger partial charge in [-0.15, -0.1) is 9.13 Å². The van der Waals surface area contributed by atoms with Crippen LogP contribution in [0.2, 0.25) is 0 Å². The Hall–Kier alpha value is -5.50. The van der Waals surface area contributed by atoms with Crippen molar-refractivity contribution in [3.8, 4) is 11.4 Å². The van der Waals surface area contributed by atoms with E-state index in [1.165, 1.54) is 36.0 Å². The lowest BCUT2D eigenvalue weighted by atomic mass is 10.00. The van der Waals surface area contributed by atoms with Crippen LogP contribution in [0.5, 0.6) is 0 Å².